The molecule has 3 N–H and O–H groups in total. The van der Waals surface area contributed by atoms with Crippen LogP contribution in [0.4, 0.5) is 9.18 Å². The maximum absolute atomic E-state index is 13.5. The van der Waals surface area contributed by atoms with Crippen molar-refractivity contribution < 1.29 is 19.0 Å². The molecule has 0 aromatic heterocycles. The Morgan fingerprint density at radius 3 is 2.67 bits per heavy atom. The van der Waals surface area contributed by atoms with Crippen molar-refractivity contribution in [3.63, 3.8) is 0 Å². The molecule has 1 atom stereocenters. The second-order valence-corrected chi connectivity index (χ2v) is 5.16. The highest BCUT2D eigenvalue weighted by atomic mass is 19.1. The van der Waals surface area contributed by atoms with Gasteiger partial charge in [-0.15, -0.1) is 0 Å². The van der Waals surface area contributed by atoms with Crippen LogP contribution in [0.2, 0.25) is 0 Å². The fourth-order valence-electron chi connectivity index (χ4n) is 1.93. The summed E-state index contributed by atoms with van der Waals surface area (Å²) in [6.07, 6.45) is 0.502. The Bertz CT molecular complexity index is 466. The number of aliphatic hydroxyl groups excluding tert-OH is 1. The van der Waals surface area contributed by atoms with Crippen LogP contribution in [0.25, 0.3) is 0 Å². The normalized spacial score (nSPS) is 12.1. The van der Waals surface area contributed by atoms with Gasteiger partial charge in [0, 0.05) is 19.2 Å². The maximum atomic E-state index is 13.5. The number of aliphatic hydroxyl groups is 1. The minimum atomic E-state index is -0.461. The summed E-state index contributed by atoms with van der Waals surface area (Å²) >= 11 is 0. The van der Waals surface area contributed by atoms with E-state index in [0.29, 0.717) is 12.0 Å². The van der Waals surface area contributed by atoms with E-state index in [-0.39, 0.29) is 36.9 Å². The van der Waals surface area contributed by atoms with Gasteiger partial charge >= 0.3 is 6.03 Å². The summed E-state index contributed by atoms with van der Waals surface area (Å²) in [5.74, 6) is -0.0649. The zero-order chi connectivity index (χ0) is 15.8. The molecule has 0 aliphatic carbocycles. The Morgan fingerprint density at radius 1 is 1.43 bits per heavy atom. The summed E-state index contributed by atoms with van der Waals surface area (Å²) in [5, 5.41) is 14.4. The molecule has 0 fully saturated rings. The topological polar surface area (TPSA) is 70.6 Å². The third-order valence-corrected chi connectivity index (χ3v) is 3.23. The molecule has 5 nitrogen and oxygen atoms in total. The predicted molar refractivity (Wildman–Crippen MR) is 78.7 cm³/mol. The van der Waals surface area contributed by atoms with Crippen LogP contribution < -0.4 is 15.4 Å². The minimum Gasteiger partial charge on any atom is -0.494 e. The zero-order valence-corrected chi connectivity index (χ0v) is 12.6. The zero-order valence-electron chi connectivity index (χ0n) is 12.6. The molecule has 1 aromatic carbocycles. The van der Waals surface area contributed by atoms with Crippen molar-refractivity contribution in [2.45, 2.75) is 32.9 Å². The third-order valence-electron chi connectivity index (χ3n) is 3.23. The number of rotatable bonds is 7. The quantitative estimate of drug-likeness (QED) is 0.721. The van der Waals surface area contributed by atoms with Crippen molar-refractivity contribution in [1.82, 2.24) is 10.6 Å². The van der Waals surface area contributed by atoms with Gasteiger partial charge in [0.1, 0.15) is 0 Å². The Hall–Kier alpha value is -1.82. The first-order valence-electron chi connectivity index (χ1n) is 6.95. The summed E-state index contributed by atoms with van der Waals surface area (Å²) < 4.78 is 18.3. The molecule has 0 saturated heterocycles. The van der Waals surface area contributed by atoms with Crippen molar-refractivity contribution in [1.29, 1.82) is 0 Å². The average molecular weight is 298 g/mol. The number of benzene rings is 1. The molecular weight excluding hydrogens is 275 g/mol. The fourth-order valence-corrected chi connectivity index (χ4v) is 1.93. The van der Waals surface area contributed by atoms with Gasteiger partial charge in [-0.3, -0.25) is 0 Å². The largest absolute Gasteiger partial charge is 0.494 e. The minimum absolute atomic E-state index is 0.0207. The van der Waals surface area contributed by atoms with Crippen LogP contribution in [0.15, 0.2) is 18.2 Å². The van der Waals surface area contributed by atoms with Gasteiger partial charge in [0.05, 0.1) is 7.11 Å². The summed E-state index contributed by atoms with van der Waals surface area (Å²) in [7, 11) is 1.40. The van der Waals surface area contributed by atoms with E-state index >= 15 is 0 Å². The number of methoxy groups -OCH3 is 1. The molecule has 1 rings (SSSR count). The lowest BCUT2D eigenvalue weighted by molar-refractivity contribution is 0.218. The lowest BCUT2D eigenvalue weighted by Crippen LogP contribution is -2.44. The summed E-state index contributed by atoms with van der Waals surface area (Å²) in [6, 6.07) is 4.11. The Kier molecular flexibility index (Phi) is 6.94. The first-order chi connectivity index (χ1) is 9.97. The highest BCUT2D eigenvalue weighted by Crippen LogP contribution is 2.17. The first-order valence-corrected chi connectivity index (χ1v) is 6.95. The number of halogens is 1. The van der Waals surface area contributed by atoms with E-state index in [9.17, 15) is 9.18 Å². The standard InChI is InChI=1S/C15H23FN2O3/c1-10(2)13(6-7-19)18-15(20)17-9-11-4-5-14(21-3)12(16)8-11/h4-5,8,10,13,19H,6-7,9H2,1-3H3,(H2,17,18,20). The SMILES string of the molecule is COc1ccc(CNC(=O)NC(CCO)C(C)C)cc1F. The number of nitrogens with one attached hydrogen (secondary N) is 2. The number of carbonyl (C=O) groups is 1. The molecule has 0 heterocycles. The molecule has 1 unspecified atom stereocenters. The van der Waals surface area contributed by atoms with E-state index in [1.54, 1.807) is 6.07 Å². The number of urea groups is 1. The van der Waals surface area contributed by atoms with E-state index < -0.39 is 5.82 Å². The monoisotopic (exact) mass is 298 g/mol. The Morgan fingerprint density at radius 2 is 2.14 bits per heavy atom. The molecule has 0 saturated carbocycles. The summed E-state index contributed by atoms with van der Waals surface area (Å²) in [6.45, 7) is 4.18. The van der Waals surface area contributed by atoms with Crippen LogP contribution in [0, 0.1) is 11.7 Å². The second kappa shape index (κ2) is 8.46. The molecule has 118 valence electrons. The van der Waals surface area contributed by atoms with E-state index in [1.807, 2.05) is 13.8 Å². The lowest BCUT2D eigenvalue weighted by Gasteiger charge is -2.21. The molecule has 0 bridgehead atoms. The first kappa shape index (κ1) is 17.2. The fraction of sp³-hybridized carbons (Fsp3) is 0.533. The van der Waals surface area contributed by atoms with Crippen molar-refractivity contribution in [3.8, 4) is 5.75 Å². The van der Waals surface area contributed by atoms with E-state index in [4.69, 9.17) is 9.84 Å². The molecule has 2 amide bonds. The van der Waals surface area contributed by atoms with Crippen molar-refractivity contribution >= 4 is 6.03 Å². The van der Waals surface area contributed by atoms with Gasteiger partial charge in [0.2, 0.25) is 0 Å². The molecule has 0 spiro atoms. The Balaban J connectivity index is 2.50. The van der Waals surface area contributed by atoms with Gasteiger partial charge in [0.25, 0.3) is 0 Å². The van der Waals surface area contributed by atoms with Gasteiger partial charge in [-0.1, -0.05) is 19.9 Å². The van der Waals surface area contributed by atoms with Gasteiger partial charge in [0.15, 0.2) is 11.6 Å². The lowest BCUT2D eigenvalue weighted by atomic mass is 10.0. The third kappa shape index (κ3) is 5.59. The molecule has 6 heteroatoms. The number of hydrogen-bond acceptors (Lipinski definition) is 3. The number of hydrogen-bond donors (Lipinski definition) is 3. The molecule has 1 aromatic rings. The van der Waals surface area contributed by atoms with E-state index in [1.165, 1.54) is 19.2 Å². The summed E-state index contributed by atoms with van der Waals surface area (Å²) in [4.78, 5) is 11.8. The average Bonchev–Trinajstić information content (AvgIpc) is 2.44. The van der Waals surface area contributed by atoms with Crippen LogP contribution in [0.3, 0.4) is 0 Å². The van der Waals surface area contributed by atoms with Gasteiger partial charge in [-0.05, 0) is 30.0 Å². The van der Waals surface area contributed by atoms with Gasteiger partial charge < -0.3 is 20.5 Å². The maximum Gasteiger partial charge on any atom is 0.315 e. The van der Waals surface area contributed by atoms with E-state index in [0.717, 1.165) is 0 Å². The predicted octanol–water partition coefficient (Wildman–Crippen LogP) is 2.04. The number of carbonyl (C=O) groups excluding carboxylic acids is 1. The molecule has 0 radical (unpaired) electrons. The van der Waals surface area contributed by atoms with Crippen molar-refractivity contribution in [3.05, 3.63) is 29.6 Å². The molecular formula is C15H23FN2O3. The molecule has 21 heavy (non-hydrogen) atoms. The van der Waals surface area contributed by atoms with Crippen LogP contribution in [0.1, 0.15) is 25.8 Å². The van der Waals surface area contributed by atoms with Gasteiger partial charge in [-0.25, -0.2) is 9.18 Å². The van der Waals surface area contributed by atoms with Crippen molar-refractivity contribution in [2.24, 2.45) is 5.92 Å². The highest BCUT2D eigenvalue weighted by molar-refractivity contribution is 5.74. The van der Waals surface area contributed by atoms with Crippen molar-refractivity contribution in [2.75, 3.05) is 13.7 Å². The van der Waals surface area contributed by atoms with E-state index in [2.05, 4.69) is 10.6 Å². The number of ether oxygens (including phenoxy) is 1. The smallest absolute Gasteiger partial charge is 0.315 e. The molecule has 0 aliphatic rings. The molecule has 0 aliphatic heterocycles. The van der Waals surface area contributed by atoms with Crippen LogP contribution in [-0.2, 0) is 6.54 Å². The Labute approximate surface area is 124 Å². The van der Waals surface area contributed by atoms with Crippen LogP contribution in [-0.4, -0.2) is 30.9 Å². The second-order valence-electron chi connectivity index (χ2n) is 5.16. The summed E-state index contributed by atoms with van der Waals surface area (Å²) in [5.41, 5.74) is 0.645. The van der Waals surface area contributed by atoms with Crippen LogP contribution >= 0.6 is 0 Å². The van der Waals surface area contributed by atoms with Crippen LogP contribution in [0.5, 0.6) is 5.75 Å². The highest BCUT2D eigenvalue weighted by Gasteiger charge is 2.15. The number of amides is 2. The van der Waals surface area contributed by atoms with Gasteiger partial charge in [-0.2, -0.15) is 0 Å².